The molecule has 0 saturated heterocycles. The first-order valence-corrected chi connectivity index (χ1v) is 8.59. The van der Waals surface area contributed by atoms with Gasteiger partial charge in [0.1, 0.15) is 5.75 Å². The lowest BCUT2D eigenvalue weighted by Crippen LogP contribution is -2.15. The smallest absolute Gasteiger partial charge is 0.125 e. The minimum atomic E-state index is -0.0538. The quantitative estimate of drug-likeness (QED) is 0.795. The van der Waals surface area contributed by atoms with Crippen molar-refractivity contribution in [2.45, 2.75) is 25.8 Å². The molecule has 2 aromatic carbocycles. The van der Waals surface area contributed by atoms with Gasteiger partial charge in [-0.05, 0) is 47.7 Å². The molecule has 0 amide bonds. The Bertz CT molecular complexity index is 685. The minimum absolute atomic E-state index is 0.0538. The summed E-state index contributed by atoms with van der Waals surface area (Å²) >= 11 is 7.23. The van der Waals surface area contributed by atoms with E-state index in [2.05, 4.69) is 69.1 Å². The van der Waals surface area contributed by atoms with E-state index in [4.69, 9.17) is 10.5 Å². The van der Waals surface area contributed by atoms with Crippen LogP contribution in [0.2, 0.25) is 0 Å². The molecule has 0 radical (unpaired) electrons. The van der Waals surface area contributed by atoms with E-state index < -0.39 is 0 Å². The topological polar surface area (TPSA) is 35.2 Å². The van der Waals surface area contributed by atoms with Crippen molar-refractivity contribution in [1.82, 2.24) is 0 Å². The molecule has 1 atom stereocenters. The van der Waals surface area contributed by atoms with Crippen molar-refractivity contribution in [1.29, 1.82) is 0 Å². The van der Waals surface area contributed by atoms with Crippen LogP contribution in [0.5, 0.6) is 5.75 Å². The predicted octanol–water partition coefficient (Wildman–Crippen LogP) is 4.70. The van der Waals surface area contributed by atoms with Crippen LogP contribution in [0.15, 0.2) is 39.3 Å². The number of fused-ring (bicyclic) bond motifs is 1. The summed E-state index contributed by atoms with van der Waals surface area (Å²) in [7, 11) is 0. The molecule has 2 N–H and O–H groups in total. The van der Waals surface area contributed by atoms with Gasteiger partial charge < -0.3 is 10.5 Å². The minimum Gasteiger partial charge on any atom is -0.493 e. The van der Waals surface area contributed by atoms with E-state index in [1.165, 1.54) is 16.7 Å². The number of halogens is 2. The number of ether oxygens (including phenoxy) is 1. The van der Waals surface area contributed by atoms with Crippen molar-refractivity contribution in [3.8, 4) is 5.75 Å². The first-order valence-electron chi connectivity index (χ1n) is 7.01. The molecular formula is C17H17Br2NO. The molecule has 0 aliphatic carbocycles. The lowest BCUT2D eigenvalue weighted by molar-refractivity contribution is 0.352. The van der Waals surface area contributed by atoms with Gasteiger partial charge in [-0.2, -0.15) is 0 Å². The molecule has 1 aliphatic rings. The monoisotopic (exact) mass is 409 g/mol. The normalized spacial score (nSPS) is 14.7. The van der Waals surface area contributed by atoms with E-state index in [1.54, 1.807) is 0 Å². The van der Waals surface area contributed by atoms with Crippen molar-refractivity contribution in [3.05, 3.63) is 61.5 Å². The van der Waals surface area contributed by atoms with Crippen LogP contribution < -0.4 is 10.5 Å². The maximum Gasteiger partial charge on any atom is 0.125 e. The predicted molar refractivity (Wildman–Crippen MR) is 92.9 cm³/mol. The Kier molecular flexibility index (Phi) is 4.38. The number of benzene rings is 2. The van der Waals surface area contributed by atoms with Crippen molar-refractivity contribution in [3.63, 3.8) is 0 Å². The largest absolute Gasteiger partial charge is 0.493 e. The lowest BCUT2D eigenvalue weighted by atomic mass is 9.96. The molecular weight excluding hydrogens is 394 g/mol. The van der Waals surface area contributed by atoms with E-state index >= 15 is 0 Å². The van der Waals surface area contributed by atoms with Crippen LogP contribution in [-0.4, -0.2) is 6.61 Å². The van der Waals surface area contributed by atoms with Gasteiger partial charge in [-0.15, -0.1) is 0 Å². The third kappa shape index (κ3) is 3.03. The highest BCUT2D eigenvalue weighted by Crippen LogP contribution is 2.36. The standard InChI is InChI=1S/C17H17Br2NO/c1-10-3-2-4-14(16(10)19)15(20)9-12-8-13(18)7-11-5-6-21-17(11)12/h2-4,7-8,15H,5-6,9,20H2,1H3. The summed E-state index contributed by atoms with van der Waals surface area (Å²) in [5.74, 6) is 1.03. The molecule has 1 unspecified atom stereocenters. The Labute approximate surface area is 141 Å². The van der Waals surface area contributed by atoms with E-state index in [0.717, 1.165) is 39.7 Å². The van der Waals surface area contributed by atoms with Gasteiger partial charge in [0.05, 0.1) is 6.61 Å². The van der Waals surface area contributed by atoms with Crippen molar-refractivity contribution in [2.24, 2.45) is 5.73 Å². The fourth-order valence-electron chi connectivity index (χ4n) is 2.80. The summed E-state index contributed by atoms with van der Waals surface area (Å²) in [6.45, 7) is 2.85. The molecule has 2 nitrogen and oxygen atoms in total. The molecule has 0 saturated carbocycles. The fraction of sp³-hybridized carbons (Fsp3) is 0.294. The van der Waals surface area contributed by atoms with Gasteiger partial charge in [0.15, 0.2) is 0 Å². The Balaban J connectivity index is 1.92. The van der Waals surface area contributed by atoms with E-state index in [-0.39, 0.29) is 6.04 Å². The first kappa shape index (κ1) is 15.1. The highest BCUT2D eigenvalue weighted by Gasteiger charge is 2.20. The summed E-state index contributed by atoms with van der Waals surface area (Å²) in [4.78, 5) is 0. The molecule has 3 rings (SSSR count). The highest BCUT2D eigenvalue weighted by molar-refractivity contribution is 9.10. The maximum absolute atomic E-state index is 6.44. The van der Waals surface area contributed by atoms with E-state index in [0.29, 0.717) is 0 Å². The number of rotatable bonds is 3. The molecule has 0 aromatic heterocycles. The van der Waals surface area contributed by atoms with Gasteiger partial charge >= 0.3 is 0 Å². The zero-order valence-electron chi connectivity index (χ0n) is 11.8. The Hall–Kier alpha value is -0.840. The molecule has 0 bridgehead atoms. The van der Waals surface area contributed by atoms with Gasteiger partial charge in [0.25, 0.3) is 0 Å². The summed E-state index contributed by atoms with van der Waals surface area (Å²) in [6, 6.07) is 10.4. The summed E-state index contributed by atoms with van der Waals surface area (Å²) in [5.41, 5.74) is 11.2. The average molecular weight is 411 g/mol. The SMILES string of the molecule is Cc1cccc(C(N)Cc2cc(Br)cc3c2OCC3)c1Br. The fourth-order valence-corrected chi connectivity index (χ4v) is 3.91. The van der Waals surface area contributed by atoms with Gasteiger partial charge in [-0.25, -0.2) is 0 Å². The third-order valence-electron chi connectivity index (χ3n) is 3.89. The van der Waals surface area contributed by atoms with Crippen molar-refractivity contribution in [2.75, 3.05) is 6.61 Å². The Morgan fingerprint density at radius 2 is 2.10 bits per heavy atom. The van der Waals surface area contributed by atoms with Gasteiger partial charge in [-0.1, -0.05) is 50.1 Å². The number of nitrogens with two attached hydrogens (primary N) is 1. The average Bonchev–Trinajstić information content (AvgIpc) is 2.90. The van der Waals surface area contributed by atoms with Crippen LogP contribution in [0.3, 0.4) is 0 Å². The molecule has 1 aliphatic heterocycles. The number of hydrogen-bond acceptors (Lipinski definition) is 2. The van der Waals surface area contributed by atoms with Gasteiger partial charge in [0, 0.05) is 21.4 Å². The van der Waals surface area contributed by atoms with E-state index in [9.17, 15) is 0 Å². The second-order valence-electron chi connectivity index (χ2n) is 5.44. The molecule has 4 heteroatoms. The summed E-state index contributed by atoms with van der Waals surface area (Å²) in [5, 5.41) is 0. The second kappa shape index (κ2) is 6.11. The van der Waals surface area contributed by atoms with Crippen LogP contribution in [0.25, 0.3) is 0 Å². The third-order valence-corrected chi connectivity index (χ3v) is 5.43. The zero-order chi connectivity index (χ0) is 15.0. The van der Waals surface area contributed by atoms with Crippen LogP contribution in [0, 0.1) is 6.92 Å². The molecule has 110 valence electrons. The summed E-state index contributed by atoms with van der Waals surface area (Å²) in [6.07, 6.45) is 1.75. The lowest BCUT2D eigenvalue weighted by Gasteiger charge is -2.17. The molecule has 0 spiro atoms. The number of hydrogen-bond donors (Lipinski definition) is 1. The van der Waals surface area contributed by atoms with Crippen molar-refractivity contribution >= 4 is 31.9 Å². The van der Waals surface area contributed by atoms with Crippen LogP contribution in [0.1, 0.15) is 28.3 Å². The maximum atomic E-state index is 6.44. The molecule has 0 fully saturated rings. The Morgan fingerprint density at radius 3 is 2.90 bits per heavy atom. The second-order valence-corrected chi connectivity index (χ2v) is 7.15. The first-order chi connectivity index (χ1) is 10.1. The summed E-state index contributed by atoms with van der Waals surface area (Å²) < 4.78 is 7.98. The number of aryl methyl sites for hydroxylation is 1. The highest BCUT2D eigenvalue weighted by atomic mass is 79.9. The molecule has 1 heterocycles. The zero-order valence-corrected chi connectivity index (χ0v) is 15.0. The van der Waals surface area contributed by atoms with Crippen molar-refractivity contribution < 1.29 is 4.74 Å². The molecule has 2 aromatic rings. The van der Waals surface area contributed by atoms with Crippen LogP contribution in [0.4, 0.5) is 0 Å². The van der Waals surface area contributed by atoms with Crippen LogP contribution in [-0.2, 0) is 12.8 Å². The Morgan fingerprint density at radius 1 is 1.29 bits per heavy atom. The van der Waals surface area contributed by atoms with Crippen LogP contribution >= 0.6 is 31.9 Å². The van der Waals surface area contributed by atoms with Gasteiger partial charge in [-0.3, -0.25) is 0 Å². The van der Waals surface area contributed by atoms with E-state index in [1.807, 2.05) is 0 Å². The molecule has 21 heavy (non-hydrogen) atoms. The van der Waals surface area contributed by atoms with Gasteiger partial charge in [0.2, 0.25) is 0 Å².